The standard InChI is InChI=1S/C16H21N3O2/c1-4-5-18-10-14(17)15(20)19(16(18)21)9-13-7-11(2)6-12(3)8-13/h6-8,10H,4-5,9,17H2,1-3H3. The van der Waals surface area contributed by atoms with Gasteiger partial charge in [0.05, 0.1) is 6.54 Å². The second-order valence-corrected chi connectivity index (χ2v) is 5.45. The van der Waals surface area contributed by atoms with Crippen molar-refractivity contribution in [1.29, 1.82) is 0 Å². The zero-order valence-electron chi connectivity index (χ0n) is 12.7. The lowest BCUT2D eigenvalue weighted by molar-refractivity contribution is 0.573. The number of aromatic nitrogens is 2. The number of hydrogen-bond donors (Lipinski definition) is 1. The van der Waals surface area contributed by atoms with Crippen LogP contribution in [0.4, 0.5) is 5.69 Å². The van der Waals surface area contributed by atoms with Gasteiger partial charge in [0.1, 0.15) is 5.69 Å². The minimum absolute atomic E-state index is 0.104. The Bertz CT molecular complexity index is 752. The molecule has 0 aliphatic carbocycles. The van der Waals surface area contributed by atoms with Gasteiger partial charge in [0.15, 0.2) is 0 Å². The average molecular weight is 287 g/mol. The number of benzene rings is 1. The Labute approximate surface area is 123 Å². The molecule has 2 rings (SSSR count). The molecule has 0 atom stereocenters. The van der Waals surface area contributed by atoms with E-state index in [2.05, 4.69) is 6.07 Å². The zero-order chi connectivity index (χ0) is 15.6. The molecular formula is C16H21N3O2. The van der Waals surface area contributed by atoms with E-state index in [9.17, 15) is 9.59 Å². The van der Waals surface area contributed by atoms with Crippen molar-refractivity contribution < 1.29 is 0 Å². The highest BCUT2D eigenvalue weighted by atomic mass is 16.2. The third kappa shape index (κ3) is 3.24. The normalized spacial score (nSPS) is 10.8. The van der Waals surface area contributed by atoms with Gasteiger partial charge in [0.25, 0.3) is 5.56 Å². The zero-order valence-corrected chi connectivity index (χ0v) is 12.7. The number of nitrogen functional groups attached to an aromatic ring is 1. The minimum Gasteiger partial charge on any atom is -0.393 e. The van der Waals surface area contributed by atoms with Crippen molar-refractivity contribution in [2.75, 3.05) is 5.73 Å². The maximum absolute atomic E-state index is 12.4. The van der Waals surface area contributed by atoms with Gasteiger partial charge in [-0.25, -0.2) is 4.79 Å². The van der Waals surface area contributed by atoms with E-state index >= 15 is 0 Å². The lowest BCUT2D eigenvalue weighted by Crippen LogP contribution is -2.40. The third-order valence-corrected chi connectivity index (χ3v) is 3.35. The Morgan fingerprint density at radius 1 is 1.10 bits per heavy atom. The number of hydrogen-bond acceptors (Lipinski definition) is 3. The Kier molecular flexibility index (Phi) is 4.31. The molecule has 112 valence electrons. The predicted octanol–water partition coefficient (Wildman–Crippen LogP) is 1.67. The molecule has 5 nitrogen and oxygen atoms in total. The van der Waals surface area contributed by atoms with Crippen molar-refractivity contribution in [2.45, 2.75) is 40.3 Å². The summed E-state index contributed by atoms with van der Waals surface area (Å²) < 4.78 is 2.71. The molecule has 0 aliphatic heterocycles. The maximum atomic E-state index is 12.4. The summed E-state index contributed by atoms with van der Waals surface area (Å²) in [6, 6.07) is 6.01. The number of nitrogens with zero attached hydrogens (tertiary/aromatic N) is 2. The molecule has 0 aliphatic rings. The predicted molar refractivity (Wildman–Crippen MR) is 84.7 cm³/mol. The molecule has 0 amide bonds. The van der Waals surface area contributed by atoms with Crippen LogP contribution in [-0.2, 0) is 13.1 Å². The van der Waals surface area contributed by atoms with Gasteiger partial charge in [-0.3, -0.25) is 13.9 Å². The summed E-state index contributed by atoms with van der Waals surface area (Å²) in [6.07, 6.45) is 2.24. The van der Waals surface area contributed by atoms with Crippen molar-refractivity contribution in [3.05, 3.63) is 61.9 Å². The van der Waals surface area contributed by atoms with Crippen LogP contribution in [0.25, 0.3) is 0 Å². The molecule has 0 saturated carbocycles. The van der Waals surface area contributed by atoms with E-state index in [1.165, 1.54) is 15.3 Å². The van der Waals surface area contributed by atoms with Gasteiger partial charge in [0, 0.05) is 12.7 Å². The van der Waals surface area contributed by atoms with Gasteiger partial charge in [-0.1, -0.05) is 36.2 Å². The Balaban J connectivity index is 2.53. The number of anilines is 1. The highest BCUT2D eigenvalue weighted by Gasteiger charge is 2.10. The summed E-state index contributed by atoms with van der Waals surface area (Å²) in [5, 5.41) is 0. The van der Waals surface area contributed by atoms with E-state index in [0.29, 0.717) is 6.54 Å². The van der Waals surface area contributed by atoms with E-state index in [4.69, 9.17) is 5.73 Å². The Morgan fingerprint density at radius 2 is 1.71 bits per heavy atom. The highest BCUT2D eigenvalue weighted by molar-refractivity contribution is 5.32. The third-order valence-electron chi connectivity index (χ3n) is 3.35. The lowest BCUT2D eigenvalue weighted by atomic mass is 10.1. The van der Waals surface area contributed by atoms with Crippen LogP contribution in [0.5, 0.6) is 0 Å². The first kappa shape index (κ1) is 15.1. The monoisotopic (exact) mass is 287 g/mol. The summed E-state index contributed by atoms with van der Waals surface area (Å²) in [6.45, 7) is 6.76. The highest BCUT2D eigenvalue weighted by Crippen LogP contribution is 2.09. The van der Waals surface area contributed by atoms with Crippen LogP contribution in [0.15, 0.2) is 34.0 Å². The quantitative estimate of drug-likeness (QED) is 0.930. The van der Waals surface area contributed by atoms with Gasteiger partial charge in [0.2, 0.25) is 0 Å². The number of aryl methyl sites for hydroxylation is 3. The summed E-state index contributed by atoms with van der Waals surface area (Å²) in [5.74, 6) is 0. The first-order chi connectivity index (χ1) is 9.92. The van der Waals surface area contributed by atoms with Gasteiger partial charge in [-0.15, -0.1) is 0 Å². The fraction of sp³-hybridized carbons (Fsp3) is 0.375. The molecule has 21 heavy (non-hydrogen) atoms. The minimum atomic E-state index is -0.425. The van der Waals surface area contributed by atoms with Gasteiger partial charge in [-0.05, 0) is 25.8 Å². The molecule has 0 fully saturated rings. The van der Waals surface area contributed by atoms with Crippen LogP contribution in [0, 0.1) is 13.8 Å². The van der Waals surface area contributed by atoms with Crippen LogP contribution in [0.1, 0.15) is 30.0 Å². The fourth-order valence-corrected chi connectivity index (χ4v) is 2.56. The first-order valence-corrected chi connectivity index (χ1v) is 7.09. The molecule has 0 unspecified atom stereocenters. The van der Waals surface area contributed by atoms with E-state index in [1.807, 2.05) is 32.9 Å². The van der Waals surface area contributed by atoms with Crippen LogP contribution < -0.4 is 17.0 Å². The van der Waals surface area contributed by atoms with Crippen LogP contribution in [0.2, 0.25) is 0 Å². The molecule has 1 heterocycles. The molecule has 2 N–H and O–H groups in total. The van der Waals surface area contributed by atoms with Gasteiger partial charge >= 0.3 is 5.69 Å². The largest absolute Gasteiger partial charge is 0.393 e. The smallest absolute Gasteiger partial charge is 0.331 e. The fourth-order valence-electron chi connectivity index (χ4n) is 2.56. The molecular weight excluding hydrogens is 266 g/mol. The van der Waals surface area contributed by atoms with Gasteiger partial charge in [-0.2, -0.15) is 0 Å². The van der Waals surface area contributed by atoms with E-state index in [0.717, 1.165) is 23.1 Å². The maximum Gasteiger partial charge on any atom is 0.331 e. The van der Waals surface area contributed by atoms with Crippen LogP contribution in [-0.4, -0.2) is 9.13 Å². The van der Waals surface area contributed by atoms with E-state index < -0.39 is 5.56 Å². The van der Waals surface area contributed by atoms with Crippen LogP contribution >= 0.6 is 0 Å². The Morgan fingerprint density at radius 3 is 2.29 bits per heavy atom. The molecule has 1 aromatic heterocycles. The molecule has 1 aromatic carbocycles. The molecule has 0 bridgehead atoms. The number of rotatable bonds is 4. The number of nitrogens with two attached hydrogens (primary N) is 1. The Hall–Kier alpha value is -2.30. The van der Waals surface area contributed by atoms with E-state index in [-0.39, 0.29) is 17.9 Å². The second kappa shape index (κ2) is 5.99. The molecule has 0 spiro atoms. The SMILES string of the molecule is CCCn1cc(N)c(=O)n(Cc2cc(C)cc(C)c2)c1=O. The van der Waals surface area contributed by atoms with Crippen molar-refractivity contribution in [2.24, 2.45) is 0 Å². The molecule has 0 saturated heterocycles. The van der Waals surface area contributed by atoms with Crippen molar-refractivity contribution in [3.63, 3.8) is 0 Å². The van der Waals surface area contributed by atoms with Crippen molar-refractivity contribution in [3.8, 4) is 0 Å². The van der Waals surface area contributed by atoms with Gasteiger partial charge < -0.3 is 5.73 Å². The van der Waals surface area contributed by atoms with Crippen molar-refractivity contribution >= 4 is 5.69 Å². The summed E-state index contributed by atoms with van der Waals surface area (Å²) >= 11 is 0. The molecule has 5 heteroatoms. The molecule has 0 radical (unpaired) electrons. The topological polar surface area (TPSA) is 70.0 Å². The molecule has 2 aromatic rings. The van der Waals surface area contributed by atoms with Crippen LogP contribution in [0.3, 0.4) is 0 Å². The summed E-state index contributed by atoms with van der Waals surface area (Å²) in [7, 11) is 0. The summed E-state index contributed by atoms with van der Waals surface area (Å²) in [4.78, 5) is 24.5. The average Bonchev–Trinajstić information content (AvgIpc) is 2.40. The van der Waals surface area contributed by atoms with E-state index in [1.54, 1.807) is 0 Å². The summed E-state index contributed by atoms with van der Waals surface area (Å²) in [5.41, 5.74) is 8.26. The lowest BCUT2D eigenvalue weighted by Gasteiger charge is -2.12. The second-order valence-electron chi connectivity index (χ2n) is 5.45. The first-order valence-electron chi connectivity index (χ1n) is 7.09. The van der Waals surface area contributed by atoms with Crippen molar-refractivity contribution in [1.82, 2.24) is 9.13 Å².